The number of likely N-dealkylation sites (N-methyl/N-ethyl adjacent to an activating group) is 1. The molecule has 2 nitrogen and oxygen atoms in total. The minimum atomic E-state index is 0.199. The molecule has 0 fully saturated rings. The molecule has 0 aliphatic heterocycles. The number of ketones is 1. The molecule has 0 spiro atoms. The predicted octanol–water partition coefficient (Wildman–Crippen LogP) is 3.10. The molecule has 0 saturated heterocycles. The van der Waals surface area contributed by atoms with Gasteiger partial charge < -0.3 is 4.48 Å². The maximum atomic E-state index is 12.1. The van der Waals surface area contributed by atoms with Gasteiger partial charge >= 0.3 is 0 Å². The van der Waals surface area contributed by atoms with Crippen LogP contribution in [0.5, 0.6) is 0 Å². The van der Waals surface area contributed by atoms with Gasteiger partial charge in [-0.25, -0.2) is 0 Å². The number of rotatable bonds is 6. The van der Waals surface area contributed by atoms with Crippen LogP contribution in [-0.2, 0) is 0 Å². The molecule has 0 aliphatic carbocycles. The number of halogens is 2. The average Bonchev–Trinajstić information content (AvgIpc) is 2.28. The molecule has 1 atom stereocenters. The van der Waals surface area contributed by atoms with Gasteiger partial charge in [-0.05, 0) is 0 Å². The summed E-state index contributed by atoms with van der Waals surface area (Å²) in [7, 11) is 4.16. The van der Waals surface area contributed by atoms with Crippen LogP contribution in [0.15, 0.2) is 30.3 Å². The zero-order valence-corrected chi connectivity index (χ0v) is 13.4. The monoisotopic (exact) mass is 362 g/mol. The lowest BCUT2D eigenvalue weighted by atomic mass is 10.1. The molecule has 1 rings (SSSR count). The fraction of sp³-hybridized carbons (Fsp3) is 0.462. The van der Waals surface area contributed by atoms with Gasteiger partial charge in [-0.15, -0.1) is 0 Å². The summed E-state index contributed by atoms with van der Waals surface area (Å²) in [4.78, 5) is 12.5. The van der Waals surface area contributed by atoms with E-state index in [9.17, 15) is 4.79 Å². The highest BCUT2D eigenvalue weighted by Gasteiger charge is 2.23. The first kappa shape index (κ1) is 14.9. The van der Waals surface area contributed by atoms with E-state index in [0.29, 0.717) is 15.9 Å². The minimum absolute atomic E-state index is 0.199. The smallest absolute Gasteiger partial charge is 0.216 e. The van der Waals surface area contributed by atoms with E-state index in [-0.39, 0.29) is 5.78 Å². The van der Waals surface area contributed by atoms with E-state index in [1.165, 1.54) is 0 Å². The molecule has 0 heterocycles. The van der Waals surface area contributed by atoms with Crippen LogP contribution in [0, 0.1) is 0 Å². The van der Waals surface area contributed by atoms with Crippen molar-refractivity contribution < 1.29 is 9.28 Å². The second-order valence-corrected chi connectivity index (χ2v) is 6.76. The van der Waals surface area contributed by atoms with E-state index in [4.69, 9.17) is 0 Å². The number of carbonyl (C=O) groups is 1. The third kappa shape index (κ3) is 5.32. The van der Waals surface area contributed by atoms with Crippen LogP contribution < -0.4 is 0 Å². The molecule has 0 aromatic heterocycles. The molecule has 4 heteroatoms. The molecule has 0 radical (unpaired) electrons. The highest BCUT2D eigenvalue weighted by Crippen LogP contribution is 2.11. The molecule has 17 heavy (non-hydrogen) atoms. The number of Topliss-reactive ketones (excluding diaryl/α,β-unsaturated/α-hetero) is 1. The predicted molar refractivity (Wildman–Crippen MR) is 79.1 cm³/mol. The van der Waals surface area contributed by atoms with Crippen LogP contribution in [0.1, 0.15) is 10.4 Å². The number of benzene rings is 1. The Morgan fingerprint density at radius 1 is 1.29 bits per heavy atom. The Morgan fingerprint density at radius 3 is 2.41 bits per heavy atom. The topological polar surface area (TPSA) is 17.1 Å². The van der Waals surface area contributed by atoms with Crippen molar-refractivity contribution in [2.75, 3.05) is 32.5 Å². The lowest BCUT2D eigenvalue weighted by Crippen LogP contribution is -2.47. The van der Waals surface area contributed by atoms with Gasteiger partial charge in [-0.1, -0.05) is 62.2 Å². The molecule has 0 saturated carbocycles. The maximum Gasteiger partial charge on any atom is 0.216 e. The number of hydrogen-bond acceptors (Lipinski definition) is 1. The van der Waals surface area contributed by atoms with Crippen LogP contribution in [0.25, 0.3) is 0 Å². The van der Waals surface area contributed by atoms with Gasteiger partial charge in [0, 0.05) is 10.9 Å². The van der Waals surface area contributed by atoms with Crippen molar-refractivity contribution in [3.05, 3.63) is 35.9 Å². The van der Waals surface area contributed by atoms with Crippen LogP contribution in [0.4, 0.5) is 0 Å². The second-order valence-electron chi connectivity index (χ2n) is 4.82. The standard InChI is InChI=1S/C13H18Br2NO/c1-16(2,9-12(15)8-14)10-13(17)11-6-4-3-5-7-11/h3-7,12H,8-10H2,1-2H3/q+1. The van der Waals surface area contributed by atoms with Gasteiger partial charge in [0.15, 0.2) is 0 Å². The molecule has 1 aromatic carbocycles. The Kier molecular flexibility index (Phi) is 5.83. The Hall–Kier alpha value is -0.190. The van der Waals surface area contributed by atoms with E-state index >= 15 is 0 Å². The minimum Gasteiger partial charge on any atom is -0.321 e. The molecular formula is C13H18Br2NO+. The molecular weight excluding hydrogens is 346 g/mol. The number of quaternary nitrogens is 1. The Bertz CT molecular complexity index is 365. The summed E-state index contributed by atoms with van der Waals surface area (Å²) < 4.78 is 0.690. The van der Waals surface area contributed by atoms with Gasteiger partial charge in [0.25, 0.3) is 0 Å². The molecule has 0 bridgehead atoms. The fourth-order valence-electron chi connectivity index (χ4n) is 1.75. The lowest BCUT2D eigenvalue weighted by Gasteiger charge is -2.30. The summed E-state index contributed by atoms with van der Waals surface area (Å²) in [6, 6.07) is 9.48. The molecule has 0 aliphatic rings. The van der Waals surface area contributed by atoms with Gasteiger partial charge in [0.2, 0.25) is 5.78 Å². The highest BCUT2D eigenvalue weighted by molar-refractivity contribution is 9.12. The van der Waals surface area contributed by atoms with E-state index in [2.05, 4.69) is 46.0 Å². The zero-order valence-electron chi connectivity index (χ0n) is 10.2. The van der Waals surface area contributed by atoms with E-state index in [0.717, 1.165) is 17.4 Å². The number of alkyl halides is 2. The normalized spacial score (nSPS) is 13.4. The van der Waals surface area contributed by atoms with Crippen LogP contribution in [-0.4, -0.2) is 47.6 Å². The molecule has 0 N–H and O–H groups in total. The number of carbonyl (C=O) groups excluding carboxylic acids is 1. The van der Waals surface area contributed by atoms with Crippen molar-refractivity contribution >= 4 is 37.6 Å². The molecule has 94 valence electrons. The number of hydrogen-bond donors (Lipinski definition) is 0. The van der Waals surface area contributed by atoms with Gasteiger partial charge in [-0.2, -0.15) is 0 Å². The zero-order chi connectivity index (χ0) is 12.9. The van der Waals surface area contributed by atoms with Gasteiger partial charge in [0.05, 0.1) is 25.5 Å². The Balaban J connectivity index is 2.62. The third-order valence-electron chi connectivity index (χ3n) is 2.53. The quantitative estimate of drug-likeness (QED) is 0.431. The summed E-state index contributed by atoms with van der Waals surface area (Å²) in [6.45, 7) is 1.45. The SMILES string of the molecule is C[N+](C)(CC(=O)c1ccccc1)CC(Br)CBr. The maximum absolute atomic E-state index is 12.1. The third-order valence-corrected chi connectivity index (χ3v) is 4.79. The van der Waals surface area contributed by atoms with Crippen molar-refractivity contribution in [2.45, 2.75) is 4.83 Å². The Labute approximate surface area is 120 Å². The lowest BCUT2D eigenvalue weighted by molar-refractivity contribution is -0.881. The van der Waals surface area contributed by atoms with Gasteiger partial charge in [0.1, 0.15) is 6.54 Å². The first-order valence-electron chi connectivity index (χ1n) is 5.55. The summed E-state index contributed by atoms with van der Waals surface area (Å²) >= 11 is 7.02. The van der Waals surface area contributed by atoms with Crippen molar-refractivity contribution in [1.29, 1.82) is 0 Å². The average molecular weight is 364 g/mol. The second kappa shape index (κ2) is 6.66. The van der Waals surface area contributed by atoms with Crippen molar-refractivity contribution in [3.63, 3.8) is 0 Å². The van der Waals surface area contributed by atoms with Crippen LogP contribution in [0.3, 0.4) is 0 Å². The summed E-state index contributed by atoms with van der Waals surface area (Å²) in [5.41, 5.74) is 0.795. The summed E-state index contributed by atoms with van der Waals surface area (Å²) in [6.07, 6.45) is 0. The van der Waals surface area contributed by atoms with E-state index in [1.807, 2.05) is 30.3 Å². The molecule has 0 amide bonds. The van der Waals surface area contributed by atoms with E-state index in [1.54, 1.807) is 0 Å². The van der Waals surface area contributed by atoms with Crippen molar-refractivity contribution in [2.24, 2.45) is 0 Å². The summed E-state index contributed by atoms with van der Waals surface area (Å²) in [5.74, 6) is 0.199. The van der Waals surface area contributed by atoms with Crippen LogP contribution >= 0.6 is 31.9 Å². The first-order chi connectivity index (χ1) is 7.94. The van der Waals surface area contributed by atoms with Crippen molar-refractivity contribution in [3.8, 4) is 0 Å². The highest BCUT2D eigenvalue weighted by atomic mass is 79.9. The Morgan fingerprint density at radius 2 is 1.88 bits per heavy atom. The van der Waals surface area contributed by atoms with Crippen LogP contribution in [0.2, 0.25) is 0 Å². The first-order valence-corrected chi connectivity index (χ1v) is 7.58. The largest absolute Gasteiger partial charge is 0.321 e. The fourth-order valence-corrected chi connectivity index (χ4v) is 2.74. The van der Waals surface area contributed by atoms with E-state index < -0.39 is 0 Å². The summed E-state index contributed by atoms with van der Waals surface area (Å²) in [5, 5.41) is 0.897. The molecule has 1 unspecified atom stereocenters. The number of nitrogens with zero attached hydrogens (tertiary/aromatic N) is 1. The molecule has 1 aromatic rings. The van der Waals surface area contributed by atoms with Gasteiger partial charge in [-0.3, -0.25) is 4.79 Å². The van der Waals surface area contributed by atoms with Crippen molar-refractivity contribution in [1.82, 2.24) is 0 Å².